The Hall–Kier alpha value is -2.67. The molecule has 2 aromatic rings. The van der Waals surface area contributed by atoms with Gasteiger partial charge in [-0.2, -0.15) is 5.26 Å². The molecule has 0 N–H and O–H groups in total. The van der Waals surface area contributed by atoms with Gasteiger partial charge in [-0.25, -0.2) is 0 Å². The second kappa shape index (κ2) is 7.55. The first-order chi connectivity index (χ1) is 11.1. The van der Waals surface area contributed by atoms with E-state index in [0.717, 1.165) is 41.6 Å². The molecule has 0 atom stereocenters. The predicted molar refractivity (Wildman–Crippen MR) is 88.6 cm³/mol. The second-order valence-corrected chi connectivity index (χ2v) is 5.48. The van der Waals surface area contributed by atoms with Gasteiger partial charge in [-0.3, -0.25) is 9.78 Å². The Morgan fingerprint density at radius 3 is 2.78 bits per heavy atom. The Morgan fingerprint density at radius 2 is 2.13 bits per heavy atom. The minimum Gasteiger partial charge on any atom is -0.487 e. The summed E-state index contributed by atoms with van der Waals surface area (Å²) in [5.41, 5.74) is 4.58. The second-order valence-electron chi connectivity index (χ2n) is 5.48. The Kier molecular flexibility index (Phi) is 5.48. The first kappa shape index (κ1) is 16.7. The molecule has 0 amide bonds. The number of nitrogens with zero attached hydrogens (tertiary/aromatic N) is 2. The maximum absolute atomic E-state index is 11.4. The van der Waals surface area contributed by atoms with Crippen LogP contribution in [0, 0.1) is 25.2 Å². The van der Waals surface area contributed by atoms with Gasteiger partial charge in [0.05, 0.1) is 23.0 Å². The van der Waals surface area contributed by atoms with Crippen molar-refractivity contribution in [2.75, 3.05) is 0 Å². The number of aromatic nitrogens is 1. The number of aryl methyl sites for hydroxylation is 2. The van der Waals surface area contributed by atoms with Crippen LogP contribution in [0.4, 0.5) is 0 Å². The molecule has 1 heterocycles. The summed E-state index contributed by atoms with van der Waals surface area (Å²) in [5, 5.41) is 8.95. The SMILES string of the molecule is CCCc1nc(C)c(OCc2cccc(C#N)c2)c(C)c1C=O. The highest BCUT2D eigenvalue weighted by Gasteiger charge is 2.15. The van der Waals surface area contributed by atoms with Crippen LogP contribution in [0.2, 0.25) is 0 Å². The normalized spacial score (nSPS) is 10.2. The van der Waals surface area contributed by atoms with Crippen LogP contribution in [0.25, 0.3) is 0 Å². The maximum Gasteiger partial charge on any atom is 0.152 e. The third-order valence-electron chi connectivity index (χ3n) is 3.73. The minimum absolute atomic E-state index is 0.338. The van der Waals surface area contributed by atoms with E-state index in [1.165, 1.54) is 0 Å². The summed E-state index contributed by atoms with van der Waals surface area (Å²) in [6.45, 7) is 6.18. The lowest BCUT2D eigenvalue weighted by Crippen LogP contribution is -2.07. The first-order valence-corrected chi connectivity index (χ1v) is 7.67. The van der Waals surface area contributed by atoms with Crippen LogP contribution in [0.15, 0.2) is 24.3 Å². The summed E-state index contributed by atoms with van der Waals surface area (Å²) >= 11 is 0. The van der Waals surface area contributed by atoms with Gasteiger partial charge in [-0.1, -0.05) is 25.5 Å². The predicted octanol–water partition coefficient (Wildman–Crippen LogP) is 3.91. The van der Waals surface area contributed by atoms with Crippen molar-refractivity contribution in [3.63, 3.8) is 0 Å². The largest absolute Gasteiger partial charge is 0.487 e. The molecule has 0 saturated heterocycles. The topological polar surface area (TPSA) is 63.0 Å². The molecule has 0 saturated carbocycles. The number of carbonyl (C=O) groups excluding carboxylic acids is 1. The van der Waals surface area contributed by atoms with Crippen molar-refractivity contribution in [3.8, 4) is 11.8 Å². The summed E-state index contributed by atoms with van der Waals surface area (Å²) in [4.78, 5) is 15.9. The van der Waals surface area contributed by atoms with Gasteiger partial charge in [-0.05, 0) is 38.0 Å². The molecule has 0 aliphatic rings. The molecule has 4 heteroatoms. The minimum atomic E-state index is 0.338. The van der Waals surface area contributed by atoms with Crippen molar-refractivity contribution in [1.82, 2.24) is 4.98 Å². The highest BCUT2D eigenvalue weighted by molar-refractivity contribution is 5.80. The van der Waals surface area contributed by atoms with Crippen LogP contribution >= 0.6 is 0 Å². The quantitative estimate of drug-likeness (QED) is 0.759. The number of rotatable bonds is 6. The molecule has 0 spiro atoms. The third-order valence-corrected chi connectivity index (χ3v) is 3.73. The molecular weight excluding hydrogens is 288 g/mol. The van der Waals surface area contributed by atoms with Crippen molar-refractivity contribution in [2.24, 2.45) is 0 Å². The van der Waals surface area contributed by atoms with Gasteiger partial charge >= 0.3 is 0 Å². The van der Waals surface area contributed by atoms with Crippen LogP contribution in [0.1, 0.15) is 51.8 Å². The molecular formula is C19H20N2O2. The van der Waals surface area contributed by atoms with Gasteiger partial charge in [-0.15, -0.1) is 0 Å². The molecule has 1 aromatic heterocycles. The Balaban J connectivity index is 2.29. The fourth-order valence-electron chi connectivity index (χ4n) is 2.61. The van der Waals surface area contributed by atoms with E-state index in [2.05, 4.69) is 18.0 Å². The molecule has 0 bridgehead atoms. The molecule has 0 radical (unpaired) electrons. The number of nitriles is 1. The van der Waals surface area contributed by atoms with Crippen LogP contribution in [0.5, 0.6) is 5.75 Å². The number of aldehydes is 1. The monoisotopic (exact) mass is 308 g/mol. The highest BCUT2D eigenvalue weighted by atomic mass is 16.5. The number of pyridine rings is 1. The van der Waals surface area contributed by atoms with Gasteiger partial charge in [0.15, 0.2) is 6.29 Å². The number of ether oxygens (including phenoxy) is 1. The van der Waals surface area contributed by atoms with E-state index < -0.39 is 0 Å². The van der Waals surface area contributed by atoms with Crippen molar-refractivity contribution in [3.05, 3.63) is 57.9 Å². The smallest absolute Gasteiger partial charge is 0.152 e. The molecule has 2 rings (SSSR count). The molecule has 0 aliphatic carbocycles. The van der Waals surface area contributed by atoms with E-state index >= 15 is 0 Å². The third kappa shape index (κ3) is 3.75. The van der Waals surface area contributed by atoms with E-state index in [-0.39, 0.29) is 0 Å². The van der Waals surface area contributed by atoms with Gasteiger partial charge in [0.1, 0.15) is 12.4 Å². The van der Waals surface area contributed by atoms with Crippen LogP contribution in [0.3, 0.4) is 0 Å². The van der Waals surface area contributed by atoms with E-state index in [0.29, 0.717) is 23.5 Å². The maximum atomic E-state index is 11.4. The fourth-order valence-corrected chi connectivity index (χ4v) is 2.61. The lowest BCUT2D eigenvalue weighted by atomic mass is 10.0. The molecule has 118 valence electrons. The van der Waals surface area contributed by atoms with Crippen molar-refractivity contribution in [2.45, 2.75) is 40.2 Å². The van der Waals surface area contributed by atoms with E-state index in [1.54, 1.807) is 12.1 Å². The summed E-state index contributed by atoms with van der Waals surface area (Å²) in [6.07, 6.45) is 2.57. The Labute approximate surface area is 136 Å². The lowest BCUT2D eigenvalue weighted by molar-refractivity contribution is 0.112. The zero-order valence-electron chi connectivity index (χ0n) is 13.7. The zero-order valence-corrected chi connectivity index (χ0v) is 13.7. The fraction of sp³-hybridized carbons (Fsp3) is 0.316. The standard InChI is InChI=1S/C19H20N2O2/c1-4-6-18-17(11-22)13(2)19(14(3)21-18)23-12-16-8-5-7-15(9-16)10-20/h5,7-9,11H,4,6,12H2,1-3H3. The molecule has 0 aliphatic heterocycles. The van der Waals surface area contributed by atoms with Gasteiger partial charge in [0.25, 0.3) is 0 Å². The summed E-state index contributed by atoms with van der Waals surface area (Å²) in [6, 6.07) is 9.40. The average molecular weight is 308 g/mol. The highest BCUT2D eigenvalue weighted by Crippen LogP contribution is 2.27. The zero-order chi connectivity index (χ0) is 16.8. The molecule has 23 heavy (non-hydrogen) atoms. The number of benzene rings is 1. The summed E-state index contributed by atoms with van der Waals surface area (Å²) < 4.78 is 5.90. The summed E-state index contributed by atoms with van der Waals surface area (Å²) in [7, 11) is 0. The lowest BCUT2D eigenvalue weighted by Gasteiger charge is -2.16. The number of hydrogen-bond acceptors (Lipinski definition) is 4. The van der Waals surface area contributed by atoms with Crippen molar-refractivity contribution in [1.29, 1.82) is 5.26 Å². The van der Waals surface area contributed by atoms with Crippen LogP contribution in [-0.2, 0) is 13.0 Å². The molecule has 0 fully saturated rings. The average Bonchev–Trinajstić information content (AvgIpc) is 2.55. The van der Waals surface area contributed by atoms with Crippen molar-refractivity contribution >= 4 is 6.29 Å². The van der Waals surface area contributed by atoms with Gasteiger partial charge < -0.3 is 4.74 Å². The Bertz CT molecular complexity index is 761. The van der Waals surface area contributed by atoms with E-state index in [1.807, 2.05) is 26.0 Å². The number of hydrogen-bond donors (Lipinski definition) is 0. The molecule has 1 aromatic carbocycles. The van der Waals surface area contributed by atoms with E-state index in [9.17, 15) is 4.79 Å². The summed E-state index contributed by atoms with van der Waals surface area (Å²) in [5.74, 6) is 0.648. The van der Waals surface area contributed by atoms with E-state index in [4.69, 9.17) is 10.00 Å². The number of carbonyl (C=O) groups is 1. The van der Waals surface area contributed by atoms with Crippen LogP contribution in [-0.4, -0.2) is 11.3 Å². The van der Waals surface area contributed by atoms with Gasteiger partial charge in [0.2, 0.25) is 0 Å². The van der Waals surface area contributed by atoms with Crippen LogP contribution < -0.4 is 4.74 Å². The van der Waals surface area contributed by atoms with Crippen molar-refractivity contribution < 1.29 is 9.53 Å². The van der Waals surface area contributed by atoms with Gasteiger partial charge in [0, 0.05) is 11.1 Å². The molecule has 0 unspecified atom stereocenters. The Morgan fingerprint density at radius 1 is 1.35 bits per heavy atom. The first-order valence-electron chi connectivity index (χ1n) is 7.67. The molecule has 4 nitrogen and oxygen atoms in total.